The molecular weight excluding hydrogens is 327 g/mol. The van der Waals surface area contributed by atoms with Crippen LogP contribution in [0.5, 0.6) is 5.75 Å². The fourth-order valence-electron chi connectivity index (χ4n) is 2.42. The van der Waals surface area contributed by atoms with Crippen LogP contribution in [0.25, 0.3) is 6.08 Å². The smallest absolute Gasteiger partial charge is 0.335 e. The maximum atomic E-state index is 13.1. The van der Waals surface area contributed by atoms with Crippen molar-refractivity contribution in [1.29, 1.82) is 0 Å². The number of imide groups is 2. The van der Waals surface area contributed by atoms with Gasteiger partial charge in [0, 0.05) is 5.56 Å². The highest BCUT2D eigenvalue weighted by Gasteiger charge is 2.36. The van der Waals surface area contributed by atoms with E-state index in [4.69, 9.17) is 4.74 Å². The Morgan fingerprint density at radius 3 is 2.40 bits per heavy atom. The predicted molar refractivity (Wildman–Crippen MR) is 88.4 cm³/mol. The fourth-order valence-corrected chi connectivity index (χ4v) is 2.42. The number of halogens is 1. The topological polar surface area (TPSA) is 75.7 Å². The van der Waals surface area contributed by atoms with Gasteiger partial charge in [0.05, 0.1) is 12.8 Å². The number of anilines is 1. The van der Waals surface area contributed by atoms with Gasteiger partial charge in [0.15, 0.2) is 0 Å². The lowest BCUT2D eigenvalue weighted by molar-refractivity contribution is -0.122. The number of carbonyl (C=O) groups is 3. The minimum Gasteiger partial charge on any atom is -0.496 e. The lowest BCUT2D eigenvalue weighted by Crippen LogP contribution is -2.54. The van der Waals surface area contributed by atoms with Crippen LogP contribution in [0.2, 0.25) is 0 Å². The van der Waals surface area contributed by atoms with Gasteiger partial charge in [-0.1, -0.05) is 18.2 Å². The van der Waals surface area contributed by atoms with Crippen molar-refractivity contribution in [3.8, 4) is 5.75 Å². The first-order valence-corrected chi connectivity index (χ1v) is 7.31. The van der Waals surface area contributed by atoms with E-state index in [0.29, 0.717) is 11.3 Å². The van der Waals surface area contributed by atoms with E-state index < -0.39 is 23.7 Å². The molecule has 3 rings (SSSR count). The number of benzene rings is 2. The Morgan fingerprint density at radius 1 is 1.04 bits per heavy atom. The molecule has 0 atom stereocenters. The van der Waals surface area contributed by atoms with Crippen LogP contribution in [-0.4, -0.2) is 25.0 Å². The van der Waals surface area contributed by atoms with Gasteiger partial charge in [0.25, 0.3) is 11.8 Å². The highest BCUT2D eigenvalue weighted by molar-refractivity contribution is 6.39. The third kappa shape index (κ3) is 3.12. The Labute approximate surface area is 142 Å². The number of nitrogens with zero attached hydrogens (tertiary/aromatic N) is 1. The third-order valence-electron chi connectivity index (χ3n) is 3.63. The molecule has 6 nitrogen and oxygen atoms in total. The number of methoxy groups -OCH3 is 1. The number of nitrogens with one attached hydrogen (secondary N) is 1. The first kappa shape index (κ1) is 16.4. The molecule has 25 heavy (non-hydrogen) atoms. The number of rotatable bonds is 3. The summed E-state index contributed by atoms with van der Waals surface area (Å²) in [6, 6.07) is 10.7. The minimum atomic E-state index is -0.890. The van der Waals surface area contributed by atoms with Gasteiger partial charge in [-0.05, 0) is 36.4 Å². The Bertz CT molecular complexity index is 890. The van der Waals surface area contributed by atoms with Crippen LogP contribution in [0.3, 0.4) is 0 Å². The first-order valence-electron chi connectivity index (χ1n) is 7.31. The van der Waals surface area contributed by atoms with E-state index in [1.54, 1.807) is 24.3 Å². The van der Waals surface area contributed by atoms with Crippen molar-refractivity contribution in [3.05, 3.63) is 65.5 Å². The van der Waals surface area contributed by atoms with E-state index in [2.05, 4.69) is 5.32 Å². The van der Waals surface area contributed by atoms with Gasteiger partial charge in [-0.25, -0.2) is 14.1 Å². The number of hydrogen-bond donors (Lipinski definition) is 1. The van der Waals surface area contributed by atoms with E-state index >= 15 is 0 Å². The SMILES string of the molecule is COc1ccccc1/C=C1/C(=O)NC(=O)N(c2ccc(F)cc2)C1=O. The molecule has 1 heterocycles. The van der Waals surface area contributed by atoms with Crippen LogP contribution >= 0.6 is 0 Å². The molecule has 7 heteroatoms. The zero-order valence-electron chi connectivity index (χ0n) is 13.2. The molecule has 1 fully saturated rings. The molecular formula is C18H13FN2O4. The van der Waals surface area contributed by atoms with E-state index in [0.717, 1.165) is 17.0 Å². The number of amides is 4. The van der Waals surface area contributed by atoms with E-state index in [1.807, 2.05) is 0 Å². The average molecular weight is 340 g/mol. The summed E-state index contributed by atoms with van der Waals surface area (Å²) >= 11 is 0. The monoisotopic (exact) mass is 340 g/mol. The maximum absolute atomic E-state index is 13.1. The Balaban J connectivity index is 2.03. The maximum Gasteiger partial charge on any atom is 0.335 e. The molecule has 1 aliphatic heterocycles. The second-order valence-electron chi connectivity index (χ2n) is 5.18. The molecule has 0 saturated carbocycles. The molecule has 0 aromatic heterocycles. The largest absolute Gasteiger partial charge is 0.496 e. The molecule has 0 spiro atoms. The highest BCUT2D eigenvalue weighted by Crippen LogP contribution is 2.25. The van der Waals surface area contributed by atoms with Crippen molar-refractivity contribution < 1.29 is 23.5 Å². The molecule has 4 amide bonds. The lowest BCUT2D eigenvalue weighted by Gasteiger charge is -2.26. The molecule has 2 aromatic rings. The normalized spacial score (nSPS) is 16.2. The van der Waals surface area contributed by atoms with Gasteiger partial charge in [-0.2, -0.15) is 0 Å². The zero-order valence-corrected chi connectivity index (χ0v) is 13.2. The second-order valence-corrected chi connectivity index (χ2v) is 5.18. The summed E-state index contributed by atoms with van der Waals surface area (Å²) in [4.78, 5) is 37.6. The van der Waals surface area contributed by atoms with Gasteiger partial charge in [-0.15, -0.1) is 0 Å². The van der Waals surface area contributed by atoms with E-state index in [1.165, 1.54) is 25.3 Å². The summed E-state index contributed by atoms with van der Waals surface area (Å²) in [6.45, 7) is 0. The molecule has 0 bridgehead atoms. The van der Waals surface area contributed by atoms with E-state index in [-0.39, 0.29) is 11.3 Å². The molecule has 1 saturated heterocycles. The van der Waals surface area contributed by atoms with Gasteiger partial charge < -0.3 is 4.74 Å². The highest BCUT2D eigenvalue weighted by atomic mass is 19.1. The fraction of sp³-hybridized carbons (Fsp3) is 0.0556. The van der Waals surface area contributed by atoms with Crippen LogP contribution in [-0.2, 0) is 9.59 Å². The van der Waals surface area contributed by atoms with Crippen molar-refractivity contribution in [2.45, 2.75) is 0 Å². The van der Waals surface area contributed by atoms with Crippen molar-refractivity contribution in [2.24, 2.45) is 0 Å². The predicted octanol–water partition coefficient (Wildman–Crippen LogP) is 2.50. The lowest BCUT2D eigenvalue weighted by atomic mass is 10.1. The molecule has 126 valence electrons. The number of hydrogen-bond acceptors (Lipinski definition) is 4. The number of urea groups is 1. The number of carbonyl (C=O) groups excluding carboxylic acids is 3. The summed E-state index contributed by atoms with van der Waals surface area (Å²) in [7, 11) is 1.47. The molecule has 0 radical (unpaired) electrons. The van der Waals surface area contributed by atoms with Crippen LogP contribution in [0.4, 0.5) is 14.9 Å². The van der Waals surface area contributed by atoms with E-state index in [9.17, 15) is 18.8 Å². The third-order valence-corrected chi connectivity index (χ3v) is 3.63. The molecule has 1 aliphatic rings. The molecule has 0 unspecified atom stereocenters. The molecule has 1 N–H and O–H groups in total. The van der Waals surface area contributed by atoms with Crippen LogP contribution in [0, 0.1) is 5.82 Å². The van der Waals surface area contributed by atoms with Gasteiger partial charge in [0.1, 0.15) is 17.1 Å². The molecule has 2 aromatic carbocycles. The molecule has 0 aliphatic carbocycles. The summed E-state index contributed by atoms with van der Waals surface area (Å²) in [6.07, 6.45) is 1.35. The standard InChI is InChI=1S/C18H13FN2O4/c1-25-15-5-3-2-4-11(15)10-14-16(22)20-18(24)21(17(14)23)13-8-6-12(19)7-9-13/h2-10H,1H3,(H,20,22,24)/b14-10-. The zero-order chi connectivity index (χ0) is 18.0. The van der Waals surface area contributed by atoms with Crippen LogP contribution < -0.4 is 15.0 Å². The second kappa shape index (κ2) is 6.56. The summed E-state index contributed by atoms with van der Waals surface area (Å²) in [5.74, 6) is -1.64. The quantitative estimate of drug-likeness (QED) is 0.688. The summed E-state index contributed by atoms with van der Waals surface area (Å²) in [5, 5.41) is 2.11. The van der Waals surface area contributed by atoms with Gasteiger partial charge in [0.2, 0.25) is 0 Å². The number of para-hydroxylation sites is 1. The minimum absolute atomic E-state index is 0.155. The van der Waals surface area contributed by atoms with Crippen LogP contribution in [0.1, 0.15) is 5.56 Å². The van der Waals surface area contributed by atoms with Crippen molar-refractivity contribution >= 4 is 29.6 Å². The van der Waals surface area contributed by atoms with Crippen LogP contribution in [0.15, 0.2) is 54.1 Å². The van der Waals surface area contributed by atoms with Crippen molar-refractivity contribution in [3.63, 3.8) is 0 Å². The Kier molecular flexibility index (Phi) is 4.30. The van der Waals surface area contributed by atoms with Gasteiger partial charge in [-0.3, -0.25) is 14.9 Å². The first-order chi connectivity index (χ1) is 12.0. The summed E-state index contributed by atoms with van der Waals surface area (Å²) < 4.78 is 18.3. The Hall–Kier alpha value is -3.48. The van der Waals surface area contributed by atoms with Crippen molar-refractivity contribution in [2.75, 3.05) is 12.0 Å². The number of ether oxygens (including phenoxy) is 1. The summed E-state index contributed by atoms with van der Waals surface area (Å²) in [5.41, 5.74) is 0.438. The average Bonchev–Trinajstić information content (AvgIpc) is 2.60. The number of barbiturate groups is 1. The van der Waals surface area contributed by atoms with Crippen molar-refractivity contribution in [1.82, 2.24) is 5.32 Å². The Morgan fingerprint density at radius 2 is 1.72 bits per heavy atom. The van der Waals surface area contributed by atoms with Gasteiger partial charge >= 0.3 is 6.03 Å².